The molecule has 1 saturated heterocycles. The highest BCUT2D eigenvalue weighted by Gasteiger charge is 2.23. The molecule has 2 aromatic carbocycles. The van der Waals surface area contributed by atoms with Crippen molar-refractivity contribution in [2.75, 3.05) is 32.8 Å². The summed E-state index contributed by atoms with van der Waals surface area (Å²) in [6.07, 6.45) is 4.07. The molecule has 29 heavy (non-hydrogen) atoms. The molecule has 0 bridgehead atoms. The molecule has 1 aliphatic rings. The molecule has 0 aromatic heterocycles. The molecule has 2 aromatic rings. The molecule has 0 aliphatic carbocycles. The number of likely N-dealkylation sites (tertiary alicyclic amines) is 1. The van der Waals surface area contributed by atoms with E-state index in [0.29, 0.717) is 26.2 Å². The van der Waals surface area contributed by atoms with Crippen molar-refractivity contribution < 1.29 is 14.3 Å². The molecular weight excluding hydrogens is 364 g/mol. The van der Waals surface area contributed by atoms with E-state index in [9.17, 15) is 4.79 Å². The van der Waals surface area contributed by atoms with Gasteiger partial charge >= 0.3 is 0 Å². The number of carbonyl (C=O) groups is 1. The van der Waals surface area contributed by atoms with Crippen LogP contribution in [0.4, 0.5) is 0 Å². The third kappa shape index (κ3) is 6.79. The van der Waals surface area contributed by atoms with E-state index < -0.39 is 0 Å². The number of piperidine rings is 1. The van der Waals surface area contributed by atoms with Gasteiger partial charge in [-0.25, -0.2) is 0 Å². The van der Waals surface area contributed by atoms with E-state index in [1.165, 1.54) is 24.8 Å². The van der Waals surface area contributed by atoms with E-state index in [2.05, 4.69) is 22.3 Å². The summed E-state index contributed by atoms with van der Waals surface area (Å²) in [5.41, 5.74) is 1.22. The Kier molecular flexibility index (Phi) is 8.38. The van der Waals surface area contributed by atoms with Crippen LogP contribution in [0.1, 0.15) is 44.2 Å². The molecule has 1 aliphatic heterocycles. The lowest BCUT2D eigenvalue weighted by Crippen LogP contribution is -2.40. The fraction of sp³-hybridized carbons (Fsp3) is 0.458. The number of rotatable bonds is 10. The van der Waals surface area contributed by atoms with Gasteiger partial charge in [0.2, 0.25) is 5.91 Å². The van der Waals surface area contributed by atoms with Gasteiger partial charge in [0.15, 0.2) is 0 Å². The van der Waals surface area contributed by atoms with Crippen molar-refractivity contribution in [3.8, 4) is 11.5 Å². The van der Waals surface area contributed by atoms with E-state index in [1.807, 2.05) is 49.4 Å². The third-order valence-corrected chi connectivity index (χ3v) is 5.24. The minimum absolute atomic E-state index is 0.0221. The Hall–Kier alpha value is -2.53. The van der Waals surface area contributed by atoms with Gasteiger partial charge in [0.1, 0.15) is 11.5 Å². The molecular formula is C24H32N2O3. The van der Waals surface area contributed by atoms with Crippen molar-refractivity contribution in [2.45, 2.75) is 38.6 Å². The predicted molar refractivity (Wildman–Crippen MR) is 115 cm³/mol. The summed E-state index contributed by atoms with van der Waals surface area (Å²) in [5.74, 6) is 1.70. The summed E-state index contributed by atoms with van der Waals surface area (Å²) >= 11 is 0. The number of para-hydroxylation sites is 1. The second-order valence-electron chi connectivity index (χ2n) is 7.33. The van der Waals surface area contributed by atoms with Crippen LogP contribution in [0, 0.1) is 0 Å². The molecule has 1 atom stereocenters. The van der Waals surface area contributed by atoms with Crippen molar-refractivity contribution in [3.63, 3.8) is 0 Å². The Morgan fingerprint density at radius 2 is 1.66 bits per heavy atom. The minimum Gasteiger partial charge on any atom is -0.494 e. The summed E-state index contributed by atoms with van der Waals surface area (Å²) in [6.45, 7) is 5.79. The first-order chi connectivity index (χ1) is 14.3. The molecule has 1 fully saturated rings. The minimum atomic E-state index is 0.0221. The normalized spacial score (nSPS) is 15.5. The van der Waals surface area contributed by atoms with Crippen LogP contribution in [0.15, 0.2) is 54.6 Å². The molecule has 5 heteroatoms. The fourth-order valence-corrected chi connectivity index (χ4v) is 3.72. The average Bonchev–Trinajstić information content (AvgIpc) is 2.77. The average molecular weight is 397 g/mol. The van der Waals surface area contributed by atoms with Crippen LogP contribution < -0.4 is 14.8 Å². The quantitative estimate of drug-likeness (QED) is 0.654. The fourth-order valence-electron chi connectivity index (χ4n) is 3.72. The van der Waals surface area contributed by atoms with Crippen molar-refractivity contribution in [3.05, 3.63) is 60.2 Å². The van der Waals surface area contributed by atoms with E-state index >= 15 is 0 Å². The van der Waals surface area contributed by atoms with Crippen LogP contribution in [-0.2, 0) is 4.79 Å². The van der Waals surface area contributed by atoms with Crippen molar-refractivity contribution in [1.29, 1.82) is 0 Å². The molecule has 0 radical (unpaired) electrons. The lowest BCUT2D eigenvalue weighted by atomic mass is 10.0. The lowest BCUT2D eigenvalue weighted by molar-refractivity contribution is -0.121. The topological polar surface area (TPSA) is 50.8 Å². The molecule has 3 rings (SSSR count). The number of benzene rings is 2. The smallest absolute Gasteiger partial charge is 0.223 e. The summed E-state index contributed by atoms with van der Waals surface area (Å²) < 4.78 is 11.2. The maximum Gasteiger partial charge on any atom is 0.223 e. The van der Waals surface area contributed by atoms with Crippen LogP contribution in [0.5, 0.6) is 11.5 Å². The molecule has 1 amide bonds. The van der Waals surface area contributed by atoms with Crippen LogP contribution in [-0.4, -0.2) is 43.7 Å². The third-order valence-electron chi connectivity index (χ3n) is 5.24. The molecule has 1 N–H and O–H groups in total. The number of ether oxygens (including phenoxy) is 2. The zero-order valence-electron chi connectivity index (χ0n) is 17.3. The van der Waals surface area contributed by atoms with Crippen molar-refractivity contribution >= 4 is 5.91 Å². The number of hydrogen-bond donors (Lipinski definition) is 1. The molecule has 0 spiro atoms. The van der Waals surface area contributed by atoms with Gasteiger partial charge < -0.3 is 14.8 Å². The van der Waals surface area contributed by atoms with Crippen LogP contribution >= 0.6 is 0 Å². The van der Waals surface area contributed by atoms with Gasteiger partial charge in [-0.2, -0.15) is 0 Å². The summed E-state index contributed by atoms with van der Waals surface area (Å²) in [7, 11) is 0. The maximum atomic E-state index is 12.4. The Morgan fingerprint density at radius 3 is 2.34 bits per heavy atom. The Labute approximate surface area is 174 Å². The number of hydrogen-bond acceptors (Lipinski definition) is 4. The lowest BCUT2D eigenvalue weighted by Gasteiger charge is -2.35. The summed E-state index contributed by atoms with van der Waals surface area (Å²) in [4.78, 5) is 14.8. The molecule has 5 nitrogen and oxygen atoms in total. The molecule has 0 saturated carbocycles. The first kappa shape index (κ1) is 21.2. The Balaban J connectivity index is 1.54. The highest BCUT2D eigenvalue weighted by atomic mass is 16.5. The highest BCUT2D eigenvalue weighted by Crippen LogP contribution is 2.26. The van der Waals surface area contributed by atoms with Crippen molar-refractivity contribution in [2.24, 2.45) is 0 Å². The largest absolute Gasteiger partial charge is 0.494 e. The first-order valence-corrected chi connectivity index (χ1v) is 10.7. The first-order valence-electron chi connectivity index (χ1n) is 10.7. The van der Waals surface area contributed by atoms with Crippen molar-refractivity contribution in [1.82, 2.24) is 10.2 Å². The monoisotopic (exact) mass is 396 g/mol. The highest BCUT2D eigenvalue weighted by molar-refractivity contribution is 5.76. The SMILES string of the molecule is CCOc1ccc(C(CNC(=O)CCOc2ccccc2)N2CCCCC2)cc1. The zero-order valence-corrected chi connectivity index (χ0v) is 17.3. The van der Waals surface area contributed by atoms with Gasteiger partial charge in [-0.1, -0.05) is 36.8 Å². The number of nitrogens with one attached hydrogen (secondary N) is 1. The van der Waals surface area contributed by atoms with E-state index in [-0.39, 0.29) is 11.9 Å². The summed E-state index contributed by atoms with van der Waals surface area (Å²) in [5, 5.41) is 3.11. The summed E-state index contributed by atoms with van der Waals surface area (Å²) in [6, 6.07) is 18.1. The van der Waals surface area contributed by atoms with Gasteiger partial charge in [-0.15, -0.1) is 0 Å². The standard InChI is InChI=1S/C24H32N2O3/c1-2-28-22-13-11-20(12-14-22)23(26-16-7-4-8-17-26)19-25-24(27)15-18-29-21-9-5-3-6-10-21/h3,5-6,9-14,23H,2,4,7-8,15-19H2,1H3,(H,25,27). The number of amides is 1. The zero-order chi connectivity index (χ0) is 20.3. The van der Waals surface area contributed by atoms with Gasteiger partial charge in [0, 0.05) is 6.54 Å². The van der Waals surface area contributed by atoms with Crippen LogP contribution in [0.25, 0.3) is 0 Å². The van der Waals surface area contributed by atoms with E-state index in [0.717, 1.165) is 24.6 Å². The van der Waals surface area contributed by atoms with Gasteiger partial charge in [-0.3, -0.25) is 9.69 Å². The van der Waals surface area contributed by atoms with Gasteiger partial charge in [0.25, 0.3) is 0 Å². The van der Waals surface area contributed by atoms with Gasteiger partial charge in [-0.05, 0) is 62.7 Å². The second kappa shape index (κ2) is 11.5. The van der Waals surface area contributed by atoms with Gasteiger partial charge in [0.05, 0.1) is 25.7 Å². The number of carbonyl (C=O) groups excluding carboxylic acids is 1. The Morgan fingerprint density at radius 1 is 0.966 bits per heavy atom. The molecule has 1 heterocycles. The Bertz CT molecular complexity index is 728. The molecule has 156 valence electrons. The van der Waals surface area contributed by atoms with E-state index in [1.54, 1.807) is 0 Å². The maximum absolute atomic E-state index is 12.4. The predicted octanol–water partition coefficient (Wildman–Crippen LogP) is 4.20. The van der Waals surface area contributed by atoms with E-state index in [4.69, 9.17) is 9.47 Å². The number of nitrogens with zero attached hydrogens (tertiary/aromatic N) is 1. The molecule has 1 unspecified atom stereocenters. The second-order valence-corrected chi connectivity index (χ2v) is 7.33. The van der Waals surface area contributed by atoms with Crippen LogP contribution in [0.3, 0.4) is 0 Å². The van der Waals surface area contributed by atoms with Crippen LogP contribution in [0.2, 0.25) is 0 Å².